The molecule has 1 aromatic heterocycles. The number of benzene rings is 1. The fourth-order valence-corrected chi connectivity index (χ4v) is 2.38. The highest BCUT2D eigenvalue weighted by Gasteiger charge is 2.27. The number of aryl methyl sites for hydroxylation is 2. The van der Waals surface area contributed by atoms with Gasteiger partial charge in [-0.1, -0.05) is 12.1 Å². The third kappa shape index (κ3) is 4.61. The van der Waals surface area contributed by atoms with Crippen LogP contribution in [0.2, 0.25) is 0 Å². The molecule has 5 nitrogen and oxygen atoms in total. The molecule has 23 heavy (non-hydrogen) atoms. The summed E-state index contributed by atoms with van der Waals surface area (Å²) in [7, 11) is 0. The van der Waals surface area contributed by atoms with Gasteiger partial charge in [-0.3, -0.25) is 4.79 Å². The number of ether oxygens (including phenoxy) is 1. The monoisotopic (exact) mass is 325 g/mol. The van der Waals surface area contributed by atoms with Crippen molar-refractivity contribution in [2.75, 3.05) is 0 Å². The lowest BCUT2D eigenvalue weighted by molar-refractivity contribution is -0.327. The molecule has 0 aliphatic rings. The van der Waals surface area contributed by atoms with Gasteiger partial charge in [0.25, 0.3) is 0 Å². The Balaban J connectivity index is 2.23. The van der Waals surface area contributed by atoms with Gasteiger partial charge in [0.15, 0.2) is 5.43 Å². The van der Waals surface area contributed by atoms with Crippen LogP contribution in [0.5, 0.6) is 5.75 Å². The number of aliphatic hydroxyl groups is 2. The standard InChI is InChI=1S/C16H17F2NO4/c1-10-6-13(20)7-11(2)19(10)9-15(21)12-4-3-5-14(8-12)23-16(17,18)22/h3-8,15,21-22H,9H2,1-2H3. The molecule has 1 aromatic carbocycles. The van der Waals surface area contributed by atoms with Gasteiger partial charge in [-0.2, -0.15) is 0 Å². The van der Waals surface area contributed by atoms with Crippen molar-refractivity contribution in [3.8, 4) is 5.75 Å². The van der Waals surface area contributed by atoms with Crippen molar-refractivity contribution < 1.29 is 23.7 Å². The Morgan fingerprint density at radius 2 is 1.83 bits per heavy atom. The molecule has 0 aliphatic heterocycles. The van der Waals surface area contributed by atoms with Crippen molar-refractivity contribution in [3.63, 3.8) is 0 Å². The summed E-state index contributed by atoms with van der Waals surface area (Å²) in [6.45, 7) is 3.64. The Hall–Kier alpha value is -2.25. The average molecular weight is 325 g/mol. The largest absolute Gasteiger partial charge is 0.532 e. The first kappa shape index (κ1) is 17.1. The van der Waals surface area contributed by atoms with E-state index in [0.717, 1.165) is 0 Å². The second kappa shape index (κ2) is 6.47. The van der Waals surface area contributed by atoms with E-state index < -0.39 is 12.4 Å². The fourth-order valence-electron chi connectivity index (χ4n) is 2.38. The summed E-state index contributed by atoms with van der Waals surface area (Å²) in [5, 5.41) is 18.7. The van der Waals surface area contributed by atoms with Gasteiger partial charge in [0, 0.05) is 23.5 Å². The molecule has 7 heteroatoms. The SMILES string of the molecule is Cc1cc(=O)cc(C)n1CC(O)c1cccc(OC(O)(F)F)c1. The van der Waals surface area contributed by atoms with Crippen LogP contribution >= 0.6 is 0 Å². The summed E-state index contributed by atoms with van der Waals surface area (Å²) in [5.74, 6) is -0.262. The van der Waals surface area contributed by atoms with Crippen molar-refractivity contribution in [2.45, 2.75) is 32.8 Å². The number of rotatable bonds is 5. The van der Waals surface area contributed by atoms with Gasteiger partial charge >= 0.3 is 6.29 Å². The zero-order valence-corrected chi connectivity index (χ0v) is 12.7. The molecule has 2 rings (SSSR count). The quantitative estimate of drug-likeness (QED) is 0.826. The van der Waals surface area contributed by atoms with Crippen molar-refractivity contribution in [1.29, 1.82) is 0 Å². The lowest BCUT2D eigenvalue weighted by atomic mass is 10.1. The molecular weight excluding hydrogens is 308 g/mol. The second-order valence-electron chi connectivity index (χ2n) is 5.26. The van der Waals surface area contributed by atoms with Gasteiger partial charge in [0.05, 0.1) is 12.6 Å². The summed E-state index contributed by atoms with van der Waals surface area (Å²) in [6, 6.07) is 8.36. The fraction of sp³-hybridized carbons (Fsp3) is 0.312. The van der Waals surface area contributed by atoms with Crippen LogP contribution in [0.1, 0.15) is 23.1 Å². The molecule has 0 saturated heterocycles. The van der Waals surface area contributed by atoms with Crippen molar-refractivity contribution in [2.24, 2.45) is 0 Å². The molecule has 0 saturated carbocycles. The number of aromatic nitrogens is 1. The molecule has 0 fully saturated rings. The topological polar surface area (TPSA) is 71.7 Å². The third-order valence-corrected chi connectivity index (χ3v) is 3.39. The third-order valence-electron chi connectivity index (χ3n) is 3.39. The van der Waals surface area contributed by atoms with Crippen molar-refractivity contribution in [1.82, 2.24) is 4.57 Å². The maximum Gasteiger partial charge on any atom is 0.532 e. The minimum Gasteiger partial charge on any atom is -0.410 e. The minimum absolute atomic E-state index is 0.119. The molecule has 0 aliphatic carbocycles. The number of halogens is 2. The molecular formula is C16H17F2NO4. The average Bonchev–Trinajstić information content (AvgIpc) is 2.41. The number of aliphatic hydroxyl groups excluding tert-OH is 1. The maximum absolute atomic E-state index is 12.5. The highest BCUT2D eigenvalue weighted by molar-refractivity contribution is 5.30. The van der Waals surface area contributed by atoms with Crippen LogP contribution in [0, 0.1) is 13.8 Å². The lowest BCUT2D eigenvalue weighted by Gasteiger charge is -2.19. The molecule has 0 amide bonds. The first-order chi connectivity index (χ1) is 10.7. The summed E-state index contributed by atoms with van der Waals surface area (Å²) in [6.07, 6.45) is -5.28. The molecule has 2 N–H and O–H groups in total. The predicted octanol–water partition coefficient (Wildman–Crippen LogP) is 2.12. The zero-order valence-electron chi connectivity index (χ0n) is 12.7. The van der Waals surface area contributed by atoms with E-state index in [2.05, 4.69) is 4.74 Å². The molecule has 124 valence electrons. The van der Waals surface area contributed by atoms with Gasteiger partial charge < -0.3 is 19.5 Å². The predicted molar refractivity (Wildman–Crippen MR) is 79.4 cm³/mol. The summed E-state index contributed by atoms with van der Waals surface area (Å²) >= 11 is 0. The number of nitrogens with zero attached hydrogens (tertiary/aromatic N) is 1. The summed E-state index contributed by atoms with van der Waals surface area (Å²) in [4.78, 5) is 11.4. The Morgan fingerprint density at radius 3 is 2.39 bits per heavy atom. The van der Waals surface area contributed by atoms with Gasteiger partial charge in [0.1, 0.15) is 5.75 Å². The van der Waals surface area contributed by atoms with E-state index in [1.54, 1.807) is 24.5 Å². The highest BCUT2D eigenvalue weighted by atomic mass is 19.3. The van der Waals surface area contributed by atoms with E-state index in [9.17, 15) is 18.7 Å². The smallest absolute Gasteiger partial charge is 0.410 e. The van der Waals surface area contributed by atoms with Crippen molar-refractivity contribution >= 4 is 0 Å². The van der Waals surface area contributed by atoms with Crippen molar-refractivity contribution in [3.05, 3.63) is 63.6 Å². The van der Waals surface area contributed by atoms with E-state index >= 15 is 0 Å². The Labute approximate surface area is 131 Å². The van der Waals surface area contributed by atoms with E-state index in [4.69, 9.17) is 5.11 Å². The van der Waals surface area contributed by atoms with E-state index in [1.165, 1.54) is 30.3 Å². The first-order valence-electron chi connectivity index (χ1n) is 6.91. The maximum atomic E-state index is 12.5. The van der Waals surface area contributed by atoms with E-state index in [1.807, 2.05) is 0 Å². The second-order valence-corrected chi connectivity index (χ2v) is 5.26. The molecule has 0 bridgehead atoms. The van der Waals surface area contributed by atoms with Crippen LogP contribution in [-0.2, 0) is 6.54 Å². The lowest BCUT2D eigenvalue weighted by Crippen LogP contribution is -2.23. The first-order valence-corrected chi connectivity index (χ1v) is 6.91. The van der Waals surface area contributed by atoms with E-state index in [0.29, 0.717) is 17.0 Å². The number of hydrogen-bond donors (Lipinski definition) is 2. The molecule has 0 spiro atoms. The Kier molecular flexibility index (Phi) is 4.82. The molecule has 0 radical (unpaired) electrons. The van der Waals surface area contributed by atoms with Crippen LogP contribution in [0.3, 0.4) is 0 Å². The molecule has 1 heterocycles. The molecule has 2 aromatic rings. The number of pyridine rings is 1. The molecule has 1 atom stereocenters. The Morgan fingerprint density at radius 1 is 1.22 bits per heavy atom. The van der Waals surface area contributed by atoms with E-state index in [-0.39, 0.29) is 17.7 Å². The van der Waals surface area contributed by atoms with Gasteiger partial charge in [-0.15, -0.1) is 8.78 Å². The molecule has 1 unspecified atom stereocenters. The number of alkyl halides is 2. The zero-order chi connectivity index (χ0) is 17.2. The van der Waals surface area contributed by atoms with Crippen LogP contribution in [0.4, 0.5) is 8.78 Å². The number of hydrogen-bond acceptors (Lipinski definition) is 4. The van der Waals surface area contributed by atoms with Crippen LogP contribution in [0.15, 0.2) is 41.2 Å². The normalized spacial score (nSPS) is 13.0. The van der Waals surface area contributed by atoms with Crippen LogP contribution < -0.4 is 10.2 Å². The summed E-state index contributed by atoms with van der Waals surface area (Å²) in [5.41, 5.74) is 1.60. The van der Waals surface area contributed by atoms with Gasteiger partial charge in [-0.25, -0.2) is 0 Å². The van der Waals surface area contributed by atoms with Gasteiger partial charge in [0.2, 0.25) is 0 Å². The summed E-state index contributed by atoms with van der Waals surface area (Å²) < 4.78 is 30.8. The van der Waals surface area contributed by atoms with Gasteiger partial charge in [-0.05, 0) is 31.5 Å². The van der Waals surface area contributed by atoms with Crippen LogP contribution in [0.25, 0.3) is 0 Å². The Bertz CT molecular complexity index is 726. The minimum atomic E-state index is -4.28. The highest BCUT2D eigenvalue weighted by Crippen LogP contribution is 2.24. The van der Waals surface area contributed by atoms with Crippen LogP contribution in [-0.4, -0.2) is 21.1 Å².